The highest BCUT2D eigenvalue weighted by atomic mass is 16.5. The lowest BCUT2D eigenvalue weighted by Gasteiger charge is -1.90. The van der Waals surface area contributed by atoms with Crippen LogP contribution in [0.1, 0.15) is 22.9 Å². The summed E-state index contributed by atoms with van der Waals surface area (Å²) in [5.41, 5.74) is 1.72. The SMILES string of the molecule is Cc1onc(Cc2nc(-c3ccncc3)no2)c1C#N. The number of rotatable bonds is 3. The van der Waals surface area contributed by atoms with E-state index in [2.05, 4.69) is 20.3 Å². The summed E-state index contributed by atoms with van der Waals surface area (Å²) in [4.78, 5) is 8.19. The molecule has 3 aromatic rings. The Bertz CT molecular complexity index is 770. The van der Waals surface area contributed by atoms with E-state index in [1.807, 2.05) is 6.07 Å². The van der Waals surface area contributed by atoms with Gasteiger partial charge in [-0.2, -0.15) is 10.2 Å². The molecule has 0 fully saturated rings. The zero-order chi connectivity index (χ0) is 13.9. The van der Waals surface area contributed by atoms with Crippen LogP contribution >= 0.6 is 0 Å². The van der Waals surface area contributed by atoms with Crippen molar-refractivity contribution in [3.63, 3.8) is 0 Å². The number of aromatic nitrogens is 4. The van der Waals surface area contributed by atoms with Gasteiger partial charge in [0.25, 0.3) is 0 Å². The zero-order valence-corrected chi connectivity index (χ0v) is 10.6. The smallest absolute Gasteiger partial charge is 0.233 e. The molecule has 0 aliphatic heterocycles. The quantitative estimate of drug-likeness (QED) is 0.713. The van der Waals surface area contributed by atoms with Crippen molar-refractivity contribution in [2.75, 3.05) is 0 Å². The van der Waals surface area contributed by atoms with Gasteiger partial charge in [-0.1, -0.05) is 10.3 Å². The average molecular weight is 267 g/mol. The van der Waals surface area contributed by atoms with Crippen molar-refractivity contribution in [2.24, 2.45) is 0 Å². The fourth-order valence-electron chi connectivity index (χ4n) is 1.77. The van der Waals surface area contributed by atoms with Crippen LogP contribution in [-0.2, 0) is 6.42 Å². The van der Waals surface area contributed by atoms with Crippen LogP contribution in [0.15, 0.2) is 33.6 Å². The molecule has 3 heterocycles. The third kappa shape index (κ3) is 2.14. The van der Waals surface area contributed by atoms with Crippen molar-refractivity contribution in [3.05, 3.63) is 47.4 Å². The predicted octanol–water partition coefficient (Wildman–Crippen LogP) is 1.89. The molecule has 0 bridgehead atoms. The third-order valence-corrected chi connectivity index (χ3v) is 2.77. The number of hydrogen-bond donors (Lipinski definition) is 0. The molecular weight excluding hydrogens is 258 g/mol. The molecule has 0 unspecified atom stereocenters. The van der Waals surface area contributed by atoms with Crippen molar-refractivity contribution >= 4 is 0 Å². The Morgan fingerprint density at radius 3 is 2.75 bits per heavy atom. The molecule has 0 radical (unpaired) electrons. The molecule has 0 aromatic carbocycles. The Balaban J connectivity index is 1.87. The van der Waals surface area contributed by atoms with Gasteiger partial charge in [0.2, 0.25) is 11.7 Å². The first-order chi connectivity index (χ1) is 9.78. The normalized spacial score (nSPS) is 10.4. The van der Waals surface area contributed by atoms with E-state index in [4.69, 9.17) is 14.3 Å². The van der Waals surface area contributed by atoms with Gasteiger partial charge < -0.3 is 9.05 Å². The topological polar surface area (TPSA) is 102 Å². The summed E-state index contributed by atoms with van der Waals surface area (Å²) < 4.78 is 10.1. The van der Waals surface area contributed by atoms with Crippen LogP contribution in [0, 0.1) is 18.3 Å². The van der Waals surface area contributed by atoms with Crippen molar-refractivity contribution in [2.45, 2.75) is 13.3 Å². The Hall–Kier alpha value is -3.01. The van der Waals surface area contributed by atoms with Crippen LogP contribution in [0.3, 0.4) is 0 Å². The van der Waals surface area contributed by atoms with Gasteiger partial charge in [-0.15, -0.1) is 0 Å². The van der Waals surface area contributed by atoms with E-state index in [0.717, 1.165) is 5.56 Å². The molecule has 3 rings (SSSR count). The van der Waals surface area contributed by atoms with Gasteiger partial charge in [-0.3, -0.25) is 4.98 Å². The van der Waals surface area contributed by atoms with E-state index in [9.17, 15) is 0 Å². The van der Waals surface area contributed by atoms with Crippen LogP contribution < -0.4 is 0 Å². The van der Waals surface area contributed by atoms with Gasteiger partial charge >= 0.3 is 0 Å². The van der Waals surface area contributed by atoms with Gasteiger partial charge in [0.1, 0.15) is 17.3 Å². The molecule has 0 saturated heterocycles. The standard InChI is InChI=1S/C13H9N5O2/c1-8-10(7-14)11(17-19-8)6-12-16-13(18-20-12)9-2-4-15-5-3-9/h2-5H,6H2,1H3. The van der Waals surface area contributed by atoms with Gasteiger partial charge in [-0.25, -0.2) is 0 Å². The summed E-state index contributed by atoms with van der Waals surface area (Å²) in [7, 11) is 0. The average Bonchev–Trinajstić information content (AvgIpc) is 3.08. The molecule has 3 aromatic heterocycles. The largest absolute Gasteiger partial charge is 0.360 e. The lowest BCUT2D eigenvalue weighted by Crippen LogP contribution is -1.92. The van der Waals surface area contributed by atoms with Crippen LogP contribution in [-0.4, -0.2) is 20.3 Å². The maximum Gasteiger partial charge on any atom is 0.233 e. The van der Waals surface area contributed by atoms with E-state index >= 15 is 0 Å². The summed E-state index contributed by atoms with van der Waals surface area (Å²) in [6.07, 6.45) is 3.57. The highest BCUT2D eigenvalue weighted by Crippen LogP contribution is 2.18. The van der Waals surface area contributed by atoms with Crippen LogP contribution in [0.2, 0.25) is 0 Å². The first kappa shape index (κ1) is 12.0. The Morgan fingerprint density at radius 2 is 2.00 bits per heavy atom. The number of nitriles is 1. The molecule has 0 saturated carbocycles. The number of aryl methyl sites for hydroxylation is 1. The van der Waals surface area contributed by atoms with Crippen LogP contribution in [0.25, 0.3) is 11.4 Å². The highest BCUT2D eigenvalue weighted by Gasteiger charge is 2.16. The van der Waals surface area contributed by atoms with Crippen molar-refractivity contribution in [1.82, 2.24) is 20.3 Å². The number of pyridine rings is 1. The predicted molar refractivity (Wildman–Crippen MR) is 66.3 cm³/mol. The zero-order valence-electron chi connectivity index (χ0n) is 10.6. The summed E-state index contributed by atoms with van der Waals surface area (Å²) in [5.74, 6) is 1.33. The minimum absolute atomic E-state index is 0.262. The van der Waals surface area contributed by atoms with E-state index in [0.29, 0.717) is 28.7 Å². The van der Waals surface area contributed by atoms with Gasteiger partial charge in [0.15, 0.2) is 5.76 Å². The molecule has 7 heteroatoms. The maximum absolute atomic E-state index is 9.03. The van der Waals surface area contributed by atoms with Gasteiger partial charge in [0.05, 0.1) is 6.42 Å². The van der Waals surface area contributed by atoms with Crippen molar-refractivity contribution in [1.29, 1.82) is 5.26 Å². The monoisotopic (exact) mass is 267 g/mol. The second kappa shape index (κ2) is 4.93. The van der Waals surface area contributed by atoms with Gasteiger partial charge in [0, 0.05) is 18.0 Å². The highest BCUT2D eigenvalue weighted by molar-refractivity contribution is 5.52. The molecule has 7 nitrogen and oxygen atoms in total. The summed E-state index contributed by atoms with van der Waals surface area (Å²) >= 11 is 0. The molecule has 0 atom stereocenters. The molecular formula is C13H9N5O2. The molecule has 98 valence electrons. The second-order valence-electron chi connectivity index (χ2n) is 4.10. The minimum atomic E-state index is 0.262. The Kier molecular flexibility index (Phi) is 2.97. The molecule has 0 amide bonds. The van der Waals surface area contributed by atoms with Crippen LogP contribution in [0.5, 0.6) is 0 Å². The van der Waals surface area contributed by atoms with Crippen molar-refractivity contribution < 1.29 is 9.05 Å². The van der Waals surface area contributed by atoms with E-state index in [1.165, 1.54) is 0 Å². The first-order valence-corrected chi connectivity index (χ1v) is 5.86. The molecule has 20 heavy (non-hydrogen) atoms. The van der Waals surface area contributed by atoms with Crippen LogP contribution in [0.4, 0.5) is 0 Å². The van der Waals surface area contributed by atoms with E-state index < -0.39 is 0 Å². The fourth-order valence-corrected chi connectivity index (χ4v) is 1.77. The Labute approximate surface area is 113 Å². The number of hydrogen-bond acceptors (Lipinski definition) is 7. The maximum atomic E-state index is 9.03. The van der Waals surface area contributed by atoms with Crippen molar-refractivity contribution in [3.8, 4) is 17.5 Å². The molecule has 0 aliphatic carbocycles. The van der Waals surface area contributed by atoms with E-state index in [-0.39, 0.29) is 6.42 Å². The third-order valence-electron chi connectivity index (χ3n) is 2.77. The Morgan fingerprint density at radius 1 is 1.20 bits per heavy atom. The minimum Gasteiger partial charge on any atom is -0.360 e. The molecule has 0 spiro atoms. The lowest BCUT2D eigenvalue weighted by atomic mass is 10.1. The van der Waals surface area contributed by atoms with E-state index in [1.54, 1.807) is 31.5 Å². The first-order valence-electron chi connectivity index (χ1n) is 5.86. The molecule has 0 N–H and O–H groups in total. The second-order valence-corrected chi connectivity index (χ2v) is 4.10. The molecule has 0 aliphatic rings. The summed E-state index contributed by atoms with van der Waals surface area (Å²) in [6, 6.07) is 5.62. The fraction of sp³-hybridized carbons (Fsp3) is 0.154. The summed E-state index contributed by atoms with van der Waals surface area (Å²) in [5, 5.41) is 16.7. The van der Waals surface area contributed by atoms with Gasteiger partial charge in [-0.05, 0) is 19.1 Å². The summed E-state index contributed by atoms with van der Waals surface area (Å²) in [6.45, 7) is 1.69. The lowest BCUT2D eigenvalue weighted by molar-refractivity contribution is 0.371. The number of nitrogens with zero attached hydrogens (tertiary/aromatic N) is 5.